The number of aromatic nitrogens is 1. The molecule has 0 aliphatic heterocycles. The number of carbonyl (C=O) groups is 1. The van der Waals surface area contributed by atoms with Crippen molar-refractivity contribution in [1.82, 2.24) is 10.4 Å². The van der Waals surface area contributed by atoms with E-state index in [0.29, 0.717) is 21.2 Å². The number of hydrogen-bond donors (Lipinski definition) is 1. The van der Waals surface area contributed by atoms with Gasteiger partial charge in [0.25, 0.3) is 5.91 Å². The molecule has 1 heterocycles. The molecule has 0 atom stereocenters. The number of hydrazone groups is 1. The molecule has 1 aromatic carbocycles. The van der Waals surface area contributed by atoms with Crippen LogP contribution in [0.2, 0.25) is 10.0 Å². The van der Waals surface area contributed by atoms with E-state index < -0.39 is 0 Å². The molecule has 0 unspecified atom stereocenters. The van der Waals surface area contributed by atoms with E-state index in [2.05, 4.69) is 15.5 Å². The molecule has 2 rings (SSSR count). The normalized spacial score (nSPS) is 10.8. The fourth-order valence-electron chi connectivity index (χ4n) is 1.46. The highest BCUT2D eigenvalue weighted by molar-refractivity contribution is 6.38. The topological polar surface area (TPSA) is 54.4 Å². The monoisotopic (exact) mass is 307 g/mol. The average molecular weight is 308 g/mol. The lowest BCUT2D eigenvalue weighted by Gasteiger charge is -2.02. The molecule has 0 aliphatic rings. The average Bonchev–Trinajstić information content (AvgIpc) is 2.42. The van der Waals surface area contributed by atoms with Crippen molar-refractivity contribution < 1.29 is 4.79 Å². The van der Waals surface area contributed by atoms with Crippen LogP contribution in [0.15, 0.2) is 41.6 Å². The molecule has 0 aliphatic carbocycles. The summed E-state index contributed by atoms with van der Waals surface area (Å²) < 4.78 is 0. The summed E-state index contributed by atoms with van der Waals surface area (Å²) in [5, 5.41) is 4.77. The minimum absolute atomic E-state index is 0.350. The first-order valence-electron chi connectivity index (χ1n) is 5.78. The molecular weight excluding hydrogens is 297 g/mol. The largest absolute Gasteiger partial charge is 0.272 e. The smallest absolute Gasteiger partial charge is 0.267 e. The molecule has 0 saturated heterocycles. The van der Waals surface area contributed by atoms with E-state index in [1.54, 1.807) is 30.3 Å². The number of benzene rings is 1. The minimum atomic E-state index is -0.350. The summed E-state index contributed by atoms with van der Waals surface area (Å²) in [5.74, 6) is -0.350. The van der Waals surface area contributed by atoms with Crippen molar-refractivity contribution in [2.75, 3.05) is 0 Å². The van der Waals surface area contributed by atoms with Crippen molar-refractivity contribution in [3.63, 3.8) is 0 Å². The molecule has 0 spiro atoms. The van der Waals surface area contributed by atoms with Crippen molar-refractivity contribution in [3.05, 3.63) is 63.4 Å². The lowest BCUT2D eigenvalue weighted by molar-refractivity contribution is 0.0955. The number of amides is 1. The SMILES string of the molecule is Cc1ccc(C(=O)N/N=C\c2c(Cl)cccc2Cl)cn1. The van der Waals surface area contributed by atoms with Crippen LogP contribution >= 0.6 is 23.2 Å². The zero-order chi connectivity index (χ0) is 14.5. The van der Waals surface area contributed by atoms with Crippen molar-refractivity contribution >= 4 is 35.3 Å². The van der Waals surface area contributed by atoms with Crippen LogP contribution in [0.3, 0.4) is 0 Å². The van der Waals surface area contributed by atoms with E-state index in [9.17, 15) is 4.79 Å². The number of hydrogen-bond acceptors (Lipinski definition) is 3. The number of nitrogens with one attached hydrogen (secondary N) is 1. The summed E-state index contributed by atoms with van der Waals surface area (Å²) in [6.07, 6.45) is 2.90. The van der Waals surface area contributed by atoms with E-state index in [1.807, 2.05) is 6.92 Å². The second kappa shape index (κ2) is 6.50. The first-order chi connectivity index (χ1) is 9.58. The molecule has 4 nitrogen and oxygen atoms in total. The Morgan fingerprint density at radius 1 is 1.25 bits per heavy atom. The van der Waals surface area contributed by atoms with Crippen LogP contribution < -0.4 is 5.43 Å². The predicted octanol–water partition coefficient (Wildman–Crippen LogP) is 3.46. The van der Waals surface area contributed by atoms with Crippen molar-refractivity contribution in [1.29, 1.82) is 0 Å². The van der Waals surface area contributed by atoms with Crippen LogP contribution in [-0.4, -0.2) is 17.1 Å². The van der Waals surface area contributed by atoms with E-state index in [4.69, 9.17) is 23.2 Å². The minimum Gasteiger partial charge on any atom is -0.267 e. The first-order valence-corrected chi connectivity index (χ1v) is 6.53. The first kappa shape index (κ1) is 14.5. The number of aryl methyl sites for hydroxylation is 1. The fraction of sp³-hybridized carbons (Fsp3) is 0.0714. The summed E-state index contributed by atoms with van der Waals surface area (Å²) in [4.78, 5) is 15.8. The van der Waals surface area contributed by atoms with E-state index in [1.165, 1.54) is 12.4 Å². The van der Waals surface area contributed by atoms with Crippen LogP contribution in [0.5, 0.6) is 0 Å². The Morgan fingerprint density at radius 2 is 1.95 bits per heavy atom. The highest BCUT2D eigenvalue weighted by Gasteiger charge is 2.05. The van der Waals surface area contributed by atoms with Crippen molar-refractivity contribution in [2.24, 2.45) is 5.10 Å². The maximum absolute atomic E-state index is 11.8. The van der Waals surface area contributed by atoms with Gasteiger partial charge in [-0.15, -0.1) is 0 Å². The van der Waals surface area contributed by atoms with Gasteiger partial charge in [0, 0.05) is 17.5 Å². The van der Waals surface area contributed by atoms with Gasteiger partial charge in [-0.05, 0) is 31.2 Å². The summed E-state index contributed by atoms with van der Waals surface area (Å²) in [7, 11) is 0. The van der Waals surface area contributed by atoms with Gasteiger partial charge in [-0.1, -0.05) is 29.3 Å². The van der Waals surface area contributed by atoms with Crippen LogP contribution in [0, 0.1) is 6.92 Å². The molecule has 0 radical (unpaired) electrons. The van der Waals surface area contributed by atoms with Gasteiger partial charge < -0.3 is 0 Å². The standard InChI is InChI=1S/C14H11Cl2N3O/c1-9-5-6-10(7-17-9)14(20)19-18-8-11-12(15)3-2-4-13(11)16/h2-8H,1H3,(H,19,20)/b18-8-. The number of rotatable bonds is 3. The third-order valence-corrected chi connectivity index (χ3v) is 3.19. The van der Waals surface area contributed by atoms with E-state index in [0.717, 1.165) is 5.69 Å². The Labute approximate surface area is 126 Å². The Kier molecular flexibility index (Phi) is 4.71. The Hall–Kier alpha value is -1.91. The fourth-order valence-corrected chi connectivity index (χ4v) is 1.95. The van der Waals surface area contributed by atoms with Gasteiger partial charge in [0.1, 0.15) is 0 Å². The second-order valence-electron chi connectivity index (χ2n) is 4.02. The van der Waals surface area contributed by atoms with Crippen LogP contribution in [0.25, 0.3) is 0 Å². The molecule has 0 saturated carbocycles. The summed E-state index contributed by atoms with van der Waals surface area (Å²) in [5.41, 5.74) is 4.22. The number of pyridine rings is 1. The molecule has 20 heavy (non-hydrogen) atoms. The van der Waals surface area contributed by atoms with Crippen molar-refractivity contribution in [2.45, 2.75) is 6.92 Å². The summed E-state index contributed by atoms with van der Waals surface area (Å²) >= 11 is 12.0. The molecule has 0 fully saturated rings. The third kappa shape index (κ3) is 3.56. The lowest BCUT2D eigenvalue weighted by atomic mass is 10.2. The van der Waals surface area contributed by atoms with Gasteiger partial charge in [0.05, 0.1) is 21.8 Å². The maximum Gasteiger partial charge on any atom is 0.272 e. The van der Waals surface area contributed by atoms with Gasteiger partial charge >= 0.3 is 0 Å². The quantitative estimate of drug-likeness (QED) is 0.697. The predicted molar refractivity (Wildman–Crippen MR) is 80.5 cm³/mol. The van der Waals surface area contributed by atoms with Crippen LogP contribution in [0.4, 0.5) is 0 Å². The zero-order valence-corrected chi connectivity index (χ0v) is 12.1. The number of halogens is 2. The maximum atomic E-state index is 11.8. The van der Waals surface area contributed by atoms with Gasteiger partial charge in [0.2, 0.25) is 0 Å². The Bertz CT molecular complexity index is 634. The summed E-state index contributed by atoms with van der Waals surface area (Å²) in [6, 6.07) is 8.55. The highest BCUT2D eigenvalue weighted by Crippen LogP contribution is 2.21. The Balaban J connectivity index is 2.06. The molecular formula is C14H11Cl2N3O. The molecule has 6 heteroatoms. The molecule has 1 amide bonds. The van der Waals surface area contributed by atoms with Crippen molar-refractivity contribution in [3.8, 4) is 0 Å². The van der Waals surface area contributed by atoms with Gasteiger partial charge in [0.15, 0.2) is 0 Å². The highest BCUT2D eigenvalue weighted by atomic mass is 35.5. The van der Waals surface area contributed by atoms with Crippen LogP contribution in [0.1, 0.15) is 21.6 Å². The van der Waals surface area contributed by atoms with Gasteiger partial charge in [-0.2, -0.15) is 5.10 Å². The number of carbonyl (C=O) groups excluding carboxylic acids is 1. The third-order valence-electron chi connectivity index (χ3n) is 2.53. The van der Waals surface area contributed by atoms with E-state index in [-0.39, 0.29) is 5.91 Å². The zero-order valence-electron chi connectivity index (χ0n) is 10.6. The second-order valence-corrected chi connectivity index (χ2v) is 4.84. The summed E-state index contributed by atoms with van der Waals surface area (Å²) in [6.45, 7) is 1.85. The molecule has 1 N–H and O–H groups in total. The van der Waals surface area contributed by atoms with Gasteiger partial charge in [-0.25, -0.2) is 5.43 Å². The van der Waals surface area contributed by atoms with Gasteiger partial charge in [-0.3, -0.25) is 9.78 Å². The molecule has 102 valence electrons. The molecule has 1 aromatic heterocycles. The van der Waals surface area contributed by atoms with Crippen LogP contribution in [-0.2, 0) is 0 Å². The number of nitrogens with zero attached hydrogens (tertiary/aromatic N) is 2. The Morgan fingerprint density at radius 3 is 2.55 bits per heavy atom. The molecule has 2 aromatic rings. The molecule has 0 bridgehead atoms. The van der Waals surface area contributed by atoms with E-state index >= 15 is 0 Å². The lowest BCUT2D eigenvalue weighted by Crippen LogP contribution is -2.17.